The van der Waals surface area contributed by atoms with E-state index in [1.165, 1.54) is 0 Å². The molecule has 1 heterocycles. The first-order valence-electron chi connectivity index (χ1n) is 6.07. The van der Waals surface area contributed by atoms with E-state index in [0.29, 0.717) is 11.7 Å². The average molecular weight is 255 g/mol. The summed E-state index contributed by atoms with van der Waals surface area (Å²) in [6.45, 7) is 5.01. The van der Waals surface area contributed by atoms with Crippen molar-refractivity contribution in [2.24, 2.45) is 5.92 Å². The van der Waals surface area contributed by atoms with E-state index in [1.807, 2.05) is 12.3 Å². The SMILES string of the molecule is CCC(CC)CNC(=O)c1ccc(CSC)o1. The molecular formula is C13H21NO2S. The predicted octanol–water partition coefficient (Wildman–Crippen LogP) is 3.31. The number of hydrogen-bond acceptors (Lipinski definition) is 3. The van der Waals surface area contributed by atoms with Crippen LogP contribution in [0.1, 0.15) is 43.0 Å². The minimum Gasteiger partial charge on any atom is -0.455 e. The smallest absolute Gasteiger partial charge is 0.287 e. The van der Waals surface area contributed by atoms with Gasteiger partial charge in [-0.15, -0.1) is 0 Å². The van der Waals surface area contributed by atoms with Crippen LogP contribution in [0, 0.1) is 5.92 Å². The zero-order valence-corrected chi connectivity index (χ0v) is 11.6. The lowest BCUT2D eigenvalue weighted by atomic mass is 10.0. The van der Waals surface area contributed by atoms with Crippen molar-refractivity contribution >= 4 is 17.7 Å². The molecule has 1 rings (SSSR count). The van der Waals surface area contributed by atoms with Crippen molar-refractivity contribution in [3.8, 4) is 0 Å². The first kappa shape index (κ1) is 14.2. The molecule has 0 saturated carbocycles. The van der Waals surface area contributed by atoms with E-state index in [-0.39, 0.29) is 5.91 Å². The lowest BCUT2D eigenvalue weighted by Crippen LogP contribution is -2.28. The molecule has 3 nitrogen and oxygen atoms in total. The van der Waals surface area contributed by atoms with E-state index in [9.17, 15) is 4.79 Å². The highest BCUT2D eigenvalue weighted by Gasteiger charge is 2.12. The van der Waals surface area contributed by atoms with Gasteiger partial charge in [-0.05, 0) is 24.3 Å². The zero-order valence-electron chi connectivity index (χ0n) is 10.8. The molecule has 0 aromatic carbocycles. The van der Waals surface area contributed by atoms with Gasteiger partial charge >= 0.3 is 0 Å². The summed E-state index contributed by atoms with van der Waals surface area (Å²) >= 11 is 1.68. The molecule has 0 saturated heterocycles. The highest BCUT2D eigenvalue weighted by atomic mass is 32.2. The molecule has 0 radical (unpaired) electrons. The Morgan fingerprint density at radius 2 is 2.12 bits per heavy atom. The molecule has 0 spiro atoms. The molecule has 0 fully saturated rings. The second-order valence-corrected chi connectivity index (χ2v) is 4.96. The van der Waals surface area contributed by atoms with Crippen molar-refractivity contribution in [2.45, 2.75) is 32.4 Å². The van der Waals surface area contributed by atoms with Crippen LogP contribution in [0.2, 0.25) is 0 Å². The van der Waals surface area contributed by atoms with Gasteiger partial charge in [-0.3, -0.25) is 4.79 Å². The summed E-state index contributed by atoms with van der Waals surface area (Å²) in [7, 11) is 0. The maximum Gasteiger partial charge on any atom is 0.287 e. The number of hydrogen-bond donors (Lipinski definition) is 1. The summed E-state index contributed by atoms with van der Waals surface area (Å²) < 4.78 is 5.45. The number of carbonyl (C=O) groups is 1. The van der Waals surface area contributed by atoms with Crippen LogP contribution in [0.15, 0.2) is 16.5 Å². The Balaban J connectivity index is 2.46. The molecule has 17 heavy (non-hydrogen) atoms. The molecule has 0 unspecified atom stereocenters. The number of amides is 1. The maximum atomic E-state index is 11.8. The summed E-state index contributed by atoms with van der Waals surface area (Å²) in [5.41, 5.74) is 0. The second kappa shape index (κ2) is 7.43. The van der Waals surface area contributed by atoms with Crippen molar-refractivity contribution in [1.29, 1.82) is 0 Å². The Morgan fingerprint density at radius 1 is 1.41 bits per heavy atom. The maximum absolute atomic E-state index is 11.8. The van der Waals surface area contributed by atoms with Crippen molar-refractivity contribution in [2.75, 3.05) is 12.8 Å². The summed E-state index contributed by atoms with van der Waals surface area (Å²) in [4.78, 5) is 11.8. The van der Waals surface area contributed by atoms with Gasteiger partial charge < -0.3 is 9.73 Å². The Kier molecular flexibility index (Phi) is 6.19. The van der Waals surface area contributed by atoms with Gasteiger partial charge in [0, 0.05) is 6.54 Å². The summed E-state index contributed by atoms with van der Waals surface area (Å²) in [6.07, 6.45) is 4.19. The topological polar surface area (TPSA) is 42.2 Å². The van der Waals surface area contributed by atoms with Crippen LogP contribution < -0.4 is 5.32 Å². The van der Waals surface area contributed by atoms with Gasteiger partial charge in [0.15, 0.2) is 5.76 Å². The summed E-state index contributed by atoms with van der Waals surface area (Å²) in [5.74, 6) is 2.52. The van der Waals surface area contributed by atoms with E-state index < -0.39 is 0 Å². The molecule has 0 aliphatic heterocycles. The molecule has 1 N–H and O–H groups in total. The van der Waals surface area contributed by atoms with Gasteiger partial charge in [-0.25, -0.2) is 0 Å². The lowest BCUT2D eigenvalue weighted by molar-refractivity contribution is 0.0917. The normalized spacial score (nSPS) is 10.8. The Labute approximate surface area is 107 Å². The first-order valence-corrected chi connectivity index (χ1v) is 7.46. The standard InChI is InChI=1S/C13H21NO2S/c1-4-10(5-2)8-14-13(15)12-7-6-11(16-12)9-17-3/h6-7,10H,4-5,8-9H2,1-3H3,(H,14,15). The third kappa shape index (κ3) is 4.46. The number of furan rings is 1. The van der Waals surface area contributed by atoms with E-state index in [0.717, 1.165) is 30.9 Å². The number of thioether (sulfide) groups is 1. The Hall–Kier alpha value is -0.900. The lowest BCUT2D eigenvalue weighted by Gasteiger charge is -2.12. The molecule has 0 aliphatic carbocycles. The summed E-state index contributed by atoms with van der Waals surface area (Å²) in [6, 6.07) is 3.61. The van der Waals surface area contributed by atoms with Gasteiger partial charge in [-0.2, -0.15) is 11.8 Å². The van der Waals surface area contributed by atoms with Gasteiger partial charge in [0.25, 0.3) is 5.91 Å². The molecule has 0 aliphatic rings. The zero-order chi connectivity index (χ0) is 12.7. The van der Waals surface area contributed by atoms with Crippen LogP contribution in [-0.2, 0) is 5.75 Å². The number of nitrogens with one attached hydrogen (secondary N) is 1. The van der Waals surface area contributed by atoms with Crippen LogP contribution >= 0.6 is 11.8 Å². The fraction of sp³-hybridized carbons (Fsp3) is 0.615. The van der Waals surface area contributed by atoms with Crippen LogP contribution in [-0.4, -0.2) is 18.7 Å². The molecule has 4 heteroatoms. The quantitative estimate of drug-likeness (QED) is 0.812. The molecule has 0 atom stereocenters. The van der Waals surface area contributed by atoms with Gasteiger partial charge in [-0.1, -0.05) is 26.7 Å². The molecule has 1 aromatic heterocycles. The van der Waals surface area contributed by atoms with Crippen LogP contribution in [0.5, 0.6) is 0 Å². The van der Waals surface area contributed by atoms with Crippen molar-refractivity contribution < 1.29 is 9.21 Å². The molecule has 1 aromatic rings. The van der Waals surface area contributed by atoms with Crippen LogP contribution in [0.4, 0.5) is 0 Å². The van der Waals surface area contributed by atoms with Crippen molar-refractivity contribution in [3.63, 3.8) is 0 Å². The van der Waals surface area contributed by atoms with Crippen molar-refractivity contribution in [3.05, 3.63) is 23.7 Å². The molecule has 1 amide bonds. The summed E-state index contributed by atoms with van der Waals surface area (Å²) in [5, 5.41) is 2.92. The average Bonchev–Trinajstić information content (AvgIpc) is 2.79. The van der Waals surface area contributed by atoms with E-state index in [1.54, 1.807) is 17.8 Å². The fourth-order valence-electron chi connectivity index (χ4n) is 1.62. The highest BCUT2D eigenvalue weighted by Crippen LogP contribution is 2.13. The van der Waals surface area contributed by atoms with Gasteiger partial charge in [0.05, 0.1) is 5.75 Å². The second-order valence-electron chi connectivity index (χ2n) is 4.09. The first-order chi connectivity index (χ1) is 8.21. The highest BCUT2D eigenvalue weighted by molar-refractivity contribution is 7.97. The number of rotatable bonds is 7. The monoisotopic (exact) mass is 255 g/mol. The molecule has 0 bridgehead atoms. The van der Waals surface area contributed by atoms with E-state index in [2.05, 4.69) is 19.2 Å². The third-order valence-electron chi connectivity index (χ3n) is 2.88. The van der Waals surface area contributed by atoms with Gasteiger partial charge in [0.1, 0.15) is 5.76 Å². The minimum absolute atomic E-state index is 0.107. The number of carbonyl (C=O) groups excluding carboxylic acids is 1. The van der Waals surface area contributed by atoms with Crippen molar-refractivity contribution in [1.82, 2.24) is 5.32 Å². The molecule has 96 valence electrons. The largest absolute Gasteiger partial charge is 0.455 e. The Morgan fingerprint density at radius 3 is 2.71 bits per heavy atom. The fourth-order valence-corrected chi connectivity index (χ4v) is 2.06. The van der Waals surface area contributed by atoms with Crippen LogP contribution in [0.3, 0.4) is 0 Å². The van der Waals surface area contributed by atoms with E-state index in [4.69, 9.17) is 4.42 Å². The minimum atomic E-state index is -0.107. The Bertz CT molecular complexity index is 345. The van der Waals surface area contributed by atoms with Crippen LogP contribution in [0.25, 0.3) is 0 Å². The third-order valence-corrected chi connectivity index (χ3v) is 3.45. The predicted molar refractivity (Wildman–Crippen MR) is 72.3 cm³/mol. The van der Waals surface area contributed by atoms with Gasteiger partial charge in [0.2, 0.25) is 0 Å². The molecular weight excluding hydrogens is 234 g/mol. The van der Waals surface area contributed by atoms with E-state index >= 15 is 0 Å².